The van der Waals surface area contributed by atoms with Crippen LogP contribution >= 0.6 is 12.4 Å². The molecule has 0 bridgehead atoms. The maximum Gasteiger partial charge on any atom is 0.231 e. The van der Waals surface area contributed by atoms with Gasteiger partial charge in [0.05, 0.1) is 32.7 Å². The number of anilines is 2. The normalized spacial score (nSPS) is 11.4. The number of rotatable bonds is 7. The van der Waals surface area contributed by atoms with Crippen LogP contribution in [0.15, 0.2) is 24.3 Å². The molecule has 0 radical (unpaired) electrons. The summed E-state index contributed by atoms with van der Waals surface area (Å²) in [7, 11) is 4.65. The Kier molecular flexibility index (Phi) is 7.06. The van der Waals surface area contributed by atoms with Gasteiger partial charge in [-0.1, -0.05) is 6.07 Å². The summed E-state index contributed by atoms with van der Waals surface area (Å²) in [5, 5.41) is 2.80. The number of ether oxygens (including phenoxy) is 5. The number of halogens is 1. The molecule has 1 amide bonds. The van der Waals surface area contributed by atoms with Crippen molar-refractivity contribution in [2.24, 2.45) is 0 Å². The van der Waals surface area contributed by atoms with Gasteiger partial charge in [-0.3, -0.25) is 4.79 Å². The van der Waals surface area contributed by atoms with Gasteiger partial charge in [-0.05, 0) is 18.1 Å². The summed E-state index contributed by atoms with van der Waals surface area (Å²) < 4.78 is 26.6. The van der Waals surface area contributed by atoms with Crippen LogP contribution < -0.4 is 34.7 Å². The second-order valence-electron chi connectivity index (χ2n) is 5.83. The van der Waals surface area contributed by atoms with Crippen LogP contribution in [-0.4, -0.2) is 34.0 Å². The molecule has 1 aliphatic heterocycles. The molecule has 8 nitrogen and oxygen atoms in total. The van der Waals surface area contributed by atoms with Crippen molar-refractivity contribution in [2.75, 3.05) is 39.2 Å². The first kappa shape index (κ1) is 21.3. The van der Waals surface area contributed by atoms with E-state index in [9.17, 15) is 4.79 Å². The smallest absolute Gasteiger partial charge is 0.231 e. The maximum atomic E-state index is 12.4. The van der Waals surface area contributed by atoms with Gasteiger partial charge in [-0.15, -0.1) is 12.4 Å². The van der Waals surface area contributed by atoms with E-state index in [0.29, 0.717) is 46.5 Å². The third kappa shape index (κ3) is 4.28. The molecule has 2 aromatic rings. The van der Waals surface area contributed by atoms with Crippen LogP contribution in [0.5, 0.6) is 28.7 Å². The van der Waals surface area contributed by atoms with E-state index in [1.807, 2.05) is 6.07 Å². The Hall–Kier alpha value is -3.00. The van der Waals surface area contributed by atoms with E-state index in [4.69, 9.17) is 29.4 Å². The maximum absolute atomic E-state index is 12.4. The van der Waals surface area contributed by atoms with E-state index in [1.165, 1.54) is 0 Å². The molecule has 2 aromatic carbocycles. The van der Waals surface area contributed by atoms with Gasteiger partial charge in [0.1, 0.15) is 0 Å². The molecule has 0 unspecified atom stereocenters. The van der Waals surface area contributed by atoms with Crippen LogP contribution in [0.2, 0.25) is 0 Å². The van der Waals surface area contributed by atoms with Gasteiger partial charge in [-0.2, -0.15) is 0 Å². The molecule has 0 aromatic heterocycles. The Morgan fingerprint density at radius 1 is 1.07 bits per heavy atom. The van der Waals surface area contributed by atoms with Gasteiger partial charge in [0.2, 0.25) is 18.4 Å². The van der Waals surface area contributed by atoms with Crippen molar-refractivity contribution in [1.29, 1.82) is 0 Å². The molecule has 0 fully saturated rings. The van der Waals surface area contributed by atoms with E-state index < -0.39 is 0 Å². The second-order valence-corrected chi connectivity index (χ2v) is 5.83. The molecule has 3 rings (SSSR count). The number of hydrogen-bond acceptors (Lipinski definition) is 7. The highest BCUT2D eigenvalue weighted by molar-refractivity contribution is 5.94. The lowest BCUT2D eigenvalue weighted by atomic mass is 10.1. The number of fused-ring (bicyclic) bond motifs is 1. The Labute approximate surface area is 169 Å². The van der Waals surface area contributed by atoms with Crippen LogP contribution in [0.1, 0.15) is 12.0 Å². The summed E-state index contributed by atoms with van der Waals surface area (Å²) in [6.07, 6.45) is 0.694. The summed E-state index contributed by atoms with van der Waals surface area (Å²) >= 11 is 0. The number of methoxy groups -OCH3 is 3. The molecule has 28 heavy (non-hydrogen) atoms. The number of nitrogens with two attached hydrogens (primary N) is 1. The van der Waals surface area contributed by atoms with E-state index in [1.54, 1.807) is 39.5 Å². The van der Waals surface area contributed by atoms with Gasteiger partial charge < -0.3 is 34.7 Å². The van der Waals surface area contributed by atoms with Crippen molar-refractivity contribution in [3.05, 3.63) is 29.8 Å². The first-order valence-electron chi connectivity index (χ1n) is 8.34. The van der Waals surface area contributed by atoms with E-state index in [-0.39, 0.29) is 31.5 Å². The molecule has 1 heterocycles. The zero-order valence-electron chi connectivity index (χ0n) is 15.9. The largest absolute Gasteiger partial charge is 0.493 e. The topological polar surface area (TPSA) is 101 Å². The molecule has 3 N–H and O–H groups in total. The summed E-state index contributed by atoms with van der Waals surface area (Å²) in [4.78, 5) is 12.4. The fourth-order valence-electron chi connectivity index (χ4n) is 2.89. The number of carbonyl (C=O) groups excluding carboxylic acids is 1. The number of nitrogens with one attached hydrogen (secondary N) is 1. The fourth-order valence-corrected chi connectivity index (χ4v) is 2.89. The predicted octanol–water partition coefficient (Wildman–Crippen LogP) is 3.02. The number of amides is 1. The average Bonchev–Trinajstić information content (AvgIpc) is 3.12. The first-order valence-corrected chi connectivity index (χ1v) is 8.34. The minimum Gasteiger partial charge on any atom is -0.493 e. The Morgan fingerprint density at radius 3 is 2.39 bits per heavy atom. The monoisotopic (exact) mass is 410 g/mol. The van der Waals surface area contributed by atoms with Gasteiger partial charge >= 0.3 is 0 Å². The molecule has 0 saturated heterocycles. The molecule has 0 aliphatic carbocycles. The molecule has 9 heteroatoms. The third-order valence-corrected chi connectivity index (χ3v) is 4.23. The third-order valence-electron chi connectivity index (χ3n) is 4.23. The Balaban J connectivity index is 0.00000280. The average molecular weight is 411 g/mol. The van der Waals surface area contributed by atoms with E-state index >= 15 is 0 Å². The van der Waals surface area contributed by atoms with Gasteiger partial charge in [0.25, 0.3) is 0 Å². The number of benzene rings is 2. The predicted molar refractivity (Wildman–Crippen MR) is 107 cm³/mol. The van der Waals surface area contributed by atoms with Crippen molar-refractivity contribution in [2.45, 2.75) is 12.8 Å². The molecular weight excluding hydrogens is 388 g/mol. The van der Waals surface area contributed by atoms with E-state index in [2.05, 4.69) is 5.32 Å². The van der Waals surface area contributed by atoms with Crippen LogP contribution in [0, 0.1) is 0 Å². The molecule has 0 atom stereocenters. The summed E-state index contributed by atoms with van der Waals surface area (Å²) in [6.45, 7) is 0.144. The Morgan fingerprint density at radius 2 is 1.75 bits per heavy atom. The van der Waals surface area contributed by atoms with Crippen molar-refractivity contribution >= 4 is 29.7 Å². The molecule has 1 aliphatic rings. The lowest BCUT2D eigenvalue weighted by molar-refractivity contribution is -0.116. The highest BCUT2D eigenvalue weighted by atomic mass is 35.5. The quantitative estimate of drug-likeness (QED) is 0.676. The van der Waals surface area contributed by atoms with Crippen LogP contribution in [0.3, 0.4) is 0 Å². The fraction of sp³-hybridized carbons (Fsp3) is 0.316. The number of aryl methyl sites for hydroxylation is 1. The summed E-state index contributed by atoms with van der Waals surface area (Å²) in [5.41, 5.74) is 7.70. The van der Waals surface area contributed by atoms with Crippen LogP contribution in [0.25, 0.3) is 0 Å². The number of hydrogen-bond donors (Lipinski definition) is 2. The lowest BCUT2D eigenvalue weighted by Gasteiger charge is -2.15. The molecule has 152 valence electrons. The van der Waals surface area contributed by atoms with Gasteiger partial charge in [0.15, 0.2) is 23.0 Å². The molecule has 0 saturated carbocycles. The highest BCUT2D eigenvalue weighted by Crippen LogP contribution is 2.40. The van der Waals surface area contributed by atoms with Crippen LogP contribution in [0.4, 0.5) is 11.4 Å². The minimum absolute atomic E-state index is 0. The zero-order valence-corrected chi connectivity index (χ0v) is 16.7. The minimum atomic E-state index is -0.183. The molecule has 0 spiro atoms. The SMILES string of the molecule is COc1ccc(CCC(=O)Nc2cc3c(cc2N)OCO3)c(OC)c1OC.Cl. The molecular formula is C19H23ClN2O6. The van der Waals surface area contributed by atoms with Crippen molar-refractivity contribution in [3.8, 4) is 28.7 Å². The summed E-state index contributed by atoms with van der Waals surface area (Å²) in [5.74, 6) is 2.56. The van der Waals surface area contributed by atoms with Crippen molar-refractivity contribution < 1.29 is 28.5 Å². The van der Waals surface area contributed by atoms with Crippen molar-refractivity contribution in [1.82, 2.24) is 0 Å². The van der Waals surface area contributed by atoms with E-state index in [0.717, 1.165) is 5.56 Å². The van der Waals surface area contributed by atoms with Crippen LogP contribution in [-0.2, 0) is 11.2 Å². The zero-order chi connectivity index (χ0) is 19.4. The second kappa shape index (κ2) is 9.27. The van der Waals surface area contributed by atoms with Gasteiger partial charge in [0, 0.05) is 18.6 Å². The van der Waals surface area contributed by atoms with Gasteiger partial charge in [-0.25, -0.2) is 0 Å². The first-order chi connectivity index (χ1) is 13.1. The number of nitrogen functional groups attached to an aromatic ring is 1. The standard InChI is InChI=1S/C19H22N2O6.ClH/c1-23-14-6-4-11(18(24-2)19(14)25-3)5-7-17(22)21-13-9-16-15(8-12(13)20)26-10-27-16;/h4,6,8-9H,5,7,10,20H2,1-3H3,(H,21,22);1H. The number of carbonyl (C=O) groups is 1. The highest BCUT2D eigenvalue weighted by Gasteiger charge is 2.19. The lowest BCUT2D eigenvalue weighted by Crippen LogP contribution is -2.14. The van der Waals surface area contributed by atoms with Crippen molar-refractivity contribution in [3.63, 3.8) is 0 Å². The Bertz CT molecular complexity index is 859. The summed E-state index contributed by atoms with van der Waals surface area (Å²) in [6, 6.07) is 6.93.